The smallest absolute Gasteiger partial charge is 0.106 e. The van der Waals surface area contributed by atoms with Crippen molar-refractivity contribution in [3.8, 4) is 0 Å². The lowest BCUT2D eigenvalue weighted by atomic mass is 10.3. The Kier molecular flexibility index (Phi) is 0.511. The molecule has 0 fully saturated rings. The van der Waals surface area contributed by atoms with Gasteiger partial charge >= 0.3 is 0 Å². The second kappa shape index (κ2) is 2.27. The minimum atomic E-state index is -2.57. The molecule has 0 aliphatic carbocycles. The Morgan fingerprint density at radius 1 is 1.88 bits per heavy atom. The maximum Gasteiger partial charge on any atom is 0.106 e. The van der Waals surface area contributed by atoms with Gasteiger partial charge in [-0.3, -0.25) is 0 Å². The number of rotatable bonds is 0. The Balaban J connectivity index is 3.53. The molecular weight excluding hydrogens is 166 g/mol. The highest BCUT2D eigenvalue weighted by atomic mass is 79.9. The fourth-order valence-electron chi connectivity index (χ4n) is 0.275. The predicted molar refractivity (Wildman–Crippen MR) is 36.7 cm³/mol. The first-order valence-electron chi connectivity index (χ1n) is 4.89. The van der Waals surface area contributed by atoms with E-state index in [-0.39, 0.29) is 10.6 Å². The third-order valence-electron chi connectivity index (χ3n) is 0.557. The van der Waals surface area contributed by atoms with E-state index < -0.39 is 24.6 Å². The van der Waals surface area contributed by atoms with Crippen molar-refractivity contribution in [1.29, 1.82) is 0 Å². The van der Waals surface area contributed by atoms with Gasteiger partial charge in [-0.05, 0) is 34.4 Å². The van der Waals surface area contributed by atoms with Gasteiger partial charge in [0.15, 0.2) is 0 Å². The zero-order valence-electron chi connectivity index (χ0n) is 9.83. The molecule has 2 heteroatoms. The first kappa shape index (κ1) is 1.81. The van der Waals surface area contributed by atoms with Crippen molar-refractivity contribution in [2.24, 2.45) is 0 Å². The molecule has 1 aromatic heterocycles. The van der Waals surface area contributed by atoms with Crippen LogP contribution in [-0.4, -0.2) is 4.98 Å². The first-order chi connectivity index (χ1) is 6.25. The lowest BCUT2D eigenvalue weighted by Gasteiger charge is -1.87. The van der Waals surface area contributed by atoms with Crippen LogP contribution in [0.25, 0.3) is 0 Å². The molecule has 0 saturated carbocycles. The summed E-state index contributed by atoms with van der Waals surface area (Å²) in [4.78, 5) is 3.52. The highest BCUT2D eigenvalue weighted by Gasteiger charge is 1.82. The predicted octanol–water partition coefficient (Wildman–Crippen LogP) is 2.15. The van der Waals surface area contributed by atoms with Crippen LogP contribution < -0.4 is 0 Å². The van der Waals surface area contributed by atoms with Gasteiger partial charge in [-0.1, -0.05) is 6.04 Å². The minimum Gasteiger partial charge on any atom is -0.249 e. The van der Waals surface area contributed by atoms with Crippen LogP contribution in [0.15, 0.2) is 22.9 Å². The quantitative estimate of drug-likeness (QED) is 0.554. The maximum atomic E-state index is 7.40. The number of pyridine rings is 1. The molecule has 0 amide bonds. The van der Waals surface area contributed by atoms with Crippen molar-refractivity contribution in [2.45, 2.75) is 6.85 Å². The van der Waals surface area contributed by atoms with Crippen LogP contribution in [0.4, 0.5) is 0 Å². The number of aromatic nitrogens is 1. The van der Waals surface area contributed by atoms with Gasteiger partial charge in [-0.2, -0.15) is 0 Å². The average Bonchev–Trinajstić information content (AvgIpc) is 1.97. The SMILES string of the molecule is [2H]c1nc(Br)c([2H])c([2H])c1C([2H])([2H])[2H]. The summed E-state index contributed by atoms with van der Waals surface area (Å²) >= 11 is 2.88. The minimum absolute atomic E-state index is 0.0144. The second-order valence-corrected chi connectivity index (χ2v) is 1.89. The largest absolute Gasteiger partial charge is 0.249 e. The highest BCUT2D eigenvalue weighted by Crippen LogP contribution is 2.04. The summed E-state index contributed by atoms with van der Waals surface area (Å²) < 4.78 is 43.3. The average molecular weight is 178 g/mol. The summed E-state index contributed by atoms with van der Waals surface area (Å²) in [5.41, 5.74) is -0.481. The lowest BCUT2D eigenvalue weighted by Crippen LogP contribution is -1.74. The monoisotopic (exact) mass is 177 g/mol. The second-order valence-electron chi connectivity index (χ2n) is 1.14. The van der Waals surface area contributed by atoms with E-state index in [1.54, 1.807) is 0 Å². The summed E-state index contributed by atoms with van der Waals surface area (Å²) in [6.07, 6.45) is -0.488. The van der Waals surface area contributed by atoms with Crippen molar-refractivity contribution in [1.82, 2.24) is 4.98 Å². The molecule has 0 saturated heterocycles. The summed E-state index contributed by atoms with van der Waals surface area (Å²) in [6.45, 7) is -2.57. The fraction of sp³-hybridized carbons (Fsp3) is 0.167. The van der Waals surface area contributed by atoms with Crippen LogP contribution >= 0.6 is 15.9 Å². The molecule has 1 aromatic rings. The Morgan fingerprint density at radius 2 is 2.75 bits per heavy atom. The molecule has 1 nitrogen and oxygen atoms in total. The fourth-order valence-corrected chi connectivity index (χ4v) is 0.463. The van der Waals surface area contributed by atoms with Gasteiger partial charge in [0.1, 0.15) is 4.60 Å². The maximum absolute atomic E-state index is 7.40. The summed E-state index contributed by atoms with van der Waals surface area (Å²) in [6, 6.07) is -0.788. The van der Waals surface area contributed by atoms with E-state index in [0.29, 0.717) is 0 Å². The van der Waals surface area contributed by atoms with Crippen molar-refractivity contribution in [3.05, 3.63) is 28.4 Å². The van der Waals surface area contributed by atoms with Gasteiger partial charge in [0.25, 0.3) is 0 Å². The Hall–Kier alpha value is -0.370. The normalized spacial score (nSPS) is 21.6. The summed E-state index contributed by atoms with van der Waals surface area (Å²) in [5.74, 6) is 0. The van der Waals surface area contributed by atoms with Gasteiger partial charge in [-0.25, -0.2) is 4.98 Å². The van der Waals surface area contributed by atoms with Crippen LogP contribution in [0.3, 0.4) is 0 Å². The van der Waals surface area contributed by atoms with E-state index in [1.807, 2.05) is 0 Å². The zero-order valence-corrected chi connectivity index (χ0v) is 5.41. The highest BCUT2D eigenvalue weighted by molar-refractivity contribution is 9.10. The number of halogens is 1. The van der Waals surface area contributed by atoms with Crippen LogP contribution in [-0.2, 0) is 0 Å². The van der Waals surface area contributed by atoms with Gasteiger partial charge < -0.3 is 0 Å². The van der Waals surface area contributed by atoms with E-state index in [4.69, 9.17) is 8.22 Å². The molecule has 1 rings (SSSR count). The van der Waals surface area contributed by atoms with Crippen molar-refractivity contribution < 1.29 is 8.22 Å². The first-order valence-corrected chi connectivity index (χ1v) is 2.68. The molecule has 0 N–H and O–H groups in total. The molecular formula is C6H6BrN. The van der Waals surface area contributed by atoms with Crippen LogP contribution in [0, 0.1) is 6.85 Å². The van der Waals surface area contributed by atoms with E-state index in [0.717, 1.165) is 0 Å². The van der Waals surface area contributed by atoms with Crippen LogP contribution in [0.2, 0.25) is 0 Å². The van der Waals surface area contributed by atoms with Crippen molar-refractivity contribution >= 4 is 15.9 Å². The third-order valence-corrected chi connectivity index (χ3v) is 0.932. The standard InChI is InChI=1S/C6H6BrN/c1-5-2-3-6(7)8-4-5/h2-4H,1H3/i1D3,2D,3D,4D. The number of nitrogens with zero attached hydrogens (tertiary/aromatic N) is 1. The summed E-state index contributed by atoms with van der Waals surface area (Å²) in [5, 5.41) is 0. The molecule has 8 heavy (non-hydrogen) atoms. The van der Waals surface area contributed by atoms with Gasteiger partial charge in [0.2, 0.25) is 0 Å². The summed E-state index contributed by atoms with van der Waals surface area (Å²) in [7, 11) is 0. The van der Waals surface area contributed by atoms with E-state index >= 15 is 0 Å². The van der Waals surface area contributed by atoms with E-state index in [1.165, 1.54) is 0 Å². The molecule has 0 aromatic carbocycles. The molecule has 0 aliphatic heterocycles. The molecule has 0 atom stereocenters. The van der Waals surface area contributed by atoms with E-state index in [9.17, 15) is 0 Å². The molecule has 0 radical (unpaired) electrons. The molecule has 0 bridgehead atoms. The molecule has 42 valence electrons. The molecule has 0 aliphatic rings. The number of hydrogen-bond donors (Lipinski definition) is 0. The number of hydrogen-bond acceptors (Lipinski definition) is 1. The Labute approximate surface area is 65.3 Å². The lowest BCUT2D eigenvalue weighted by molar-refractivity contribution is 1.23. The third kappa shape index (κ3) is 1.30. The zero-order chi connectivity index (χ0) is 11.1. The van der Waals surface area contributed by atoms with E-state index in [2.05, 4.69) is 20.9 Å². The molecule has 1 heterocycles. The van der Waals surface area contributed by atoms with Crippen LogP contribution in [0.5, 0.6) is 0 Å². The Bertz CT molecular complexity index is 374. The van der Waals surface area contributed by atoms with Gasteiger partial charge in [-0.15, -0.1) is 0 Å². The molecule has 0 spiro atoms. The van der Waals surface area contributed by atoms with Crippen LogP contribution in [0.1, 0.15) is 13.8 Å². The topological polar surface area (TPSA) is 12.9 Å². The Morgan fingerprint density at radius 3 is 3.50 bits per heavy atom. The van der Waals surface area contributed by atoms with Crippen molar-refractivity contribution in [3.63, 3.8) is 0 Å². The van der Waals surface area contributed by atoms with Gasteiger partial charge in [0, 0.05) is 10.3 Å². The van der Waals surface area contributed by atoms with Crippen molar-refractivity contribution in [2.75, 3.05) is 0 Å². The molecule has 0 unspecified atom stereocenters. The van der Waals surface area contributed by atoms with Gasteiger partial charge in [0.05, 0.1) is 4.11 Å².